The van der Waals surface area contributed by atoms with Crippen LogP contribution in [0, 0.1) is 34.5 Å². The van der Waals surface area contributed by atoms with E-state index in [0.717, 1.165) is 35.2 Å². The monoisotopic (exact) mass is 1870 g/mol. The topological polar surface area (TPSA) is 521 Å². The minimum absolute atomic E-state index is 0.0201. The predicted octanol–water partition coefficient (Wildman–Crippen LogP) is 4.38. The van der Waals surface area contributed by atoms with Crippen LogP contribution < -0.4 is 47.9 Å². The average molecular weight is 1870 g/mol. The van der Waals surface area contributed by atoms with Gasteiger partial charge in [0.05, 0.1) is 148 Å². The number of nitrogens with zero attached hydrogens (tertiary/aromatic N) is 5. The Hall–Kier alpha value is -10.1. The molecule has 10 amide bonds. The lowest BCUT2D eigenvalue weighted by Crippen LogP contribution is -2.63. The number of allylic oxidation sites excluding steroid dienone is 4. The number of hydrogen-bond donors (Lipinski definition) is 10. The van der Waals surface area contributed by atoms with Crippen molar-refractivity contribution in [3.63, 3.8) is 0 Å². The Morgan fingerprint density at radius 2 is 1.33 bits per heavy atom. The van der Waals surface area contributed by atoms with E-state index in [1.165, 1.54) is 11.9 Å². The van der Waals surface area contributed by atoms with Crippen molar-refractivity contribution >= 4 is 86.5 Å². The van der Waals surface area contributed by atoms with E-state index in [9.17, 15) is 66.3 Å². The van der Waals surface area contributed by atoms with Crippen molar-refractivity contribution in [3.8, 4) is 22.5 Å². The summed E-state index contributed by atoms with van der Waals surface area (Å²) in [5.74, 6) is -4.70. The molecule has 11 atom stereocenters. The van der Waals surface area contributed by atoms with E-state index >= 15 is 0 Å². The number of ketones is 2. The number of carbonyl (C=O) groups excluding carboxylic acids is 11. The fourth-order valence-electron chi connectivity index (χ4n) is 18.0. The summed E-state index contributed by atoms with van der Waals surface area (Å²) in [5.41, 5.74) is 8.85. The molecular formula is C91H129N13O27S. The number of likely N-dealkylation sites (N-methyl/N-ethyl adjacent to an activating group) is 1. The number of nitrogens with two attached hydrogens (primary N) is 1. The maximum Gasteiger partial charge on any atom is 0.407 e. The van der Waals surface area contributed by atoms with Gasteiger partial charge in [0.25, 0.3) is 10.1 Å². The van der Waals surface area contributed by atoms with Crippen LogP contribution in [0.3, 0.4) is 0 Å². The molecule has 3 heterocycles. The molecule has 3 aromatic carbocycles. The predicted molar refractivity (Wildman–Crippen MR) is 478 cm³/mol. The van der Waals surface area contributed by atoms with E-state index in [1.54, 1.807) is 59.8 Å². The molecule has 1 aromatic heterocycles. The van der Waals surface area contributed by atoms with Crippen LogP contribution in [0.4, 0.5) is 21.0 Å². The van der Waals surface area contributed by atoms with Gasteiger partial charge in [-0.05, 0) is 104 Å². The van der Waals surface area contributed by atoms with Crippen LogP contribution in [0.15, 0.2) is 96.6 Å². The number of anilines is 2. The van der Waals surface area contributed by atoms with E-state index < -0.39 is 124 Å². The fraction of sp³-hybridized carbons (Fsp3) is 0.615. The molecule has 4 fully saturated rings. The zero-order chi connectivity index (χ0) is 94.8. The van der Waals surface area contributed by atoms with E-state index in [4.69, 9.17) is 67.1 Å². The Morgan fingerprint density at radius 1 is 0.705 bits per heavy atom. The number of urea groups is 1. The molecule has 3 saturated carbocycles. The largest absolute Gasteiger partial charge is 0.445 e. The van der Waals surface area contributed by atoms with Gasteiger partial charge >= 0.3 is 12.1 Å². The summed E-state index contributed by atoms with van der Waals surface area (Å²) in [4.78, 5) is 147. The fourth-order valence-corrected chi connectivity index (χ4v) is 18.4. The molecule has 4 aromatic rings. The number of rotatable bonds is 57. The Kier molecular flexibility index (Phi) is 40.5. The number of primary amides is 1. The van der Waals surface area contributed by atoms with Crippen LogP contribution in [0.1, 0.15) is 123 Å². The third-order valence-corrected chi connectivity index (χ3v) is 25.3. The smallest absolute Gasteiger partial charge is 0.407 e. The third-order valence-electron chi connectivity index (χ3n) is 24.5. The first-order valence-corrected chi connectivity index (χ1v) is 46.8. The number of carbonyl (C=O) groups is 11. The number of ether oxygens (including phenoxy) is 12. The van der Waals surface area contributed by atoms with E-state index in [0.29, 0.717) is 87.0 Å². The van der Waals surface area contributed by atoms with Gasteiger partial charge in [-0.2, -0.15) is 8.42 Å². The molecule has 2 aliphatic heterocycles. The highest BCUT2D eigenvalue weighted by molar-refractivity contribution is 7.85. The van der Waals surface area contributed by atoms with Gasteiger partial charge in [-0.25, -0.2) is 14.3 Å². The third kappa shape index (κ3) is 29.4. The molecule has 132 heavy (non-hydrogen) atoms. The van der Waals surface area contributed by atoms with Gasteiger partial charge in [0.1, 0.15) is 44.3 Å². The number of aliphatic hydroxyl groups is 1. The number of nitrogens with one attached hydrogen (secondary N) is 7. The van der Waals surface area contributed by atoms with Crippen LogP contribution >= 0.6 is 0 Å². The number of Topliss-reactive ketones (excluding diaryl/α,β-unsaturated/α-hetero) is 1. The Morgan fingerprint density at radius 3 is 1.98 bits per heavy atom. The first-order chi connectivity index (χ1) is 63.4. The number of benzene rings is 3. The SMILES string of the molecule is CCCC1O[C@@H]2C[C@H]3[C@@H]4CCC5=CC(=O)C=C[C@]5(C)[C@H]4[C@@H](O)C[C@]3(C)[C@]2(C(=O)COCN(C)C(=O)CNC(=O)OCc2ccc(NC(=O)[C@H](CCCNC(N)=O)NC(=O)[C@@H](NC(=O)CCOCCOCCOCCOCCNC(=O)CCC(=O)N3Cc4ccccc4-c4c(nnn4CCOCCOCCOCCOCCC(=O)NCCS(=O)(=O)O)-c4ccccc43)C(C)C)cc2)O1. The molecule has 1 saturated heterocycles. The van der Waals surface area contributed by atoms with E-state index in [-0.39, 0.29) is 198 Å². The summed E-state index contributed by atoms with van der Waals surface area (Å²) in [5, 5.41) is 39.6. The number of hydrogen-bond acceptors (Lipinski definition) is 28. The summed E-state index contributed by atoms with van der Waals surface area (Å²) in [6.45, 7) is 12.9. The minimum atomic E-state index is -4.15. The average Bonchev–Trinajstić information content (AvgIpc) is 1.51. The van der Waals surface area contributed by atoms with Crippen molar-refractivity contribution < 1.29 is 128 Å². The molecular weight excluding hydrogens is 1740 g/mol. The number of aromatic nitrogens is 3. The van der Waals surface area contributed by atoms with Crippen molar-refractivity contribution in [2.75, 3.05) is 168 Å². The van der Waals surface area contributed by atoms with Gasteiger partial charge in [-0.15, -0.1) is 5.10 Å². The molecule has 1 unspecified atom stereocenters. The highest BCUT2D eigenvalue weighted by Crippen LogP contribution is 2.70. The molecule has 0 radical (unpaired) electrons. The zero-order valence-corrected chi connectivity index (χ0v) is 76.9. The standard InChI is InChI=1S/C91H129N13O27S/c1-7-13-80-130-74-53-69-67-24-21-63-52-65(105)27-30-89(63,4)81(67)72(106)54-90(69,5)91(74,131-80)73(107)58-128-59-102(6)79(112)55-96-88(116)129-57-61-19-22-64(23-20-61)97-85(113)70(17-12-31-95-87(92)115)98-86(114)82(60(2)3)99-77(110)29-36-121-40-44-125-47-49-126-45-41-122-37-32-93-75(108)25-26-78(111)103-56-62-14-8-9-15-66(62)84-83(68-16-10-11-18-71(68)103)100-101-104(84)34-38-123-42-46-127-50-48-124-43-39-120-35-28-76(109)94-33-51-132(117,118)119/h8-11,14-16,18-20,22-23,27,30,52,60,67,69-70,72,74,80-82,106H,7,12-13,17,21,24-26,28-29,31-51,53-59H2,1-6H3,(H,93,108)(H,94,109)(H,96,116)(H,97,113)(H,98,114)(H,99,110)(H3,92,95,115)(H,117,118,119)/t67-,69-,70-,72-,74+,80?,81+,82-,89-,90-,91+/m0/s1. The summed E-state index contributed by atoms with van der Waals surface area (Å²) in [6.07, 6.45) is 6.16. The number of amides is 10. The van der Waals surface area contributed by atoms with E-state index in [2.05, 4.69) is 54.5 Å². The molecule has 0 bridgehead atoms. The lowest BCUT2D eigenvalue weighted by atomic mass is 9.46. The van der Waals surface area contributed by atoms with Crippen molar-refractivity contribution in [2.45, 2.75) is 168 Å². The minimum Gasteiger partial charge on any atom is -0.445 e. The lowest BCUT2D eigenvalue weighted by Gasteiger charge is -2.59. The number of aliphatic hydroxyl groups excluding tert-OH is 1. The second-order valence-electron chi connectivity index (χ2n) is 34.1. The number of fused-ring (bicyclic) bond motifs is 12. The van der Waals surface area contributed by atoms with Gasteiger partial charge < -0.3 is 115 Å². The lowest BCUT2D eigenvalue weighted by molar-refractivity contribution is -0.201. The van der Waals surface area contributed by atoms with Gasteiger partial charge in [0, 0.05) is 85.9 Å². The molecule has 11 N–H and O–H groups in total. The number of alkyl carbamates (subject to hydrolysis) is 1. The maximum absolute atomic E-state index is 14.7. The maximum atomic E-state index is 14.7. The van der Waals surface area contributed by atoms with Gasteiger partial charge in [-0.3, -0.25) is 47.7 Å². The summed E-state index contributed by atoms with van der Waals surface area (Å²) < 4.78 is 102. The summed E-state index contributed by atoms with van der Waals surface area (Å²) in [7, 11) is -2.68. The molecule has 6 aliphatic rings. The van der Waals surface area contributed by atoms with Gasteiger partial charge in [-0.1, -0.05) is 112 Å². The Bertz CT molecular complexity index is 4730. The summed E-state index contributed by atoms with van der Waals surface area (Å²) in [6, 6.07) is 18.6. The van der Waals surface area contributed by atoms with Crippen molar-refractivity contribution in [2.24, 2.45) is 40.2 Å². The molecule has 41 heteroatoms. The summed E-state index contributed by atoms with van der Waals surface area (Å²) >= 11 is 0. The normalized spacial score (nSPS) is 21.4. The Labute approximate surface area is 768 Å². The first-order valence-electron chi connectivity index (χ1n) is 45.2. The molecule has 0 spiro atoms. The quantitative estimate of drug-likeness (QED) is 0.0166. The van der Waals surface area contributed by atoms with Gasteiger partial charge in [0.2, 0.25) is 41.4 Å². The molecule has 40 nitrogen and oxygen atoms in total. The second-order valence-corrected chi connectivity index (χ2v) is 35.7. The molecule has 4 aliphatic carbocycles. The number of para-hydroxylation sites is 1. The van der Waals surface area contributed by atoms with Crippen LogP contribution in [-0.2, 0) is 130 Å². The highest BCUT2D eigenvalue weighted by Gasteiger charge is 2.76. The first kappa shape index (κ1) is 104. The van der Waals surface area contributed by atoms with Gasteiger partial charge in [0.15, 0.2) is 23.5 Å². The molecule has 726 valence electrons. The molecule has 10 rings (SSSR count). The van der Waals surface area contributed by atoms with Crippen LogP contribution in [-0.4, -0.2) is 297 Å². The van der Waals surface area contributed by atoms with Crippen molar-refractivity contribution in [1.29, 1.82) is 0 Å². The zero-order valence-electron chi connectivity index (χ0n) is 76.0. The highest BCUT2D eigenvalue weighted by atomic mass is 32.2. The van der Waals surface area contributed by atoms with Crippen LogP contribution in [0.2, 0.25) is 0 Å². The van der Waals surface area contributed by atoms with Crippen LogP contribution in [0.5, 0.6) is 0 Å². The van der Waals surface area contributed by atoms with Crippen LogP contribution in [0.25, 0.3) is 22.5 Å². The van der Waals surface area contributed by atoms with Crippen molar-refractivity contribution in [3.05, 3.63) is 108 Å². The Balaban J connectivity index is 0.548. The van der Waals surface area contributed by atoms with Crippen molar-refractivity contribution in [1.82, 2.24) is 51.8 Å². The van der Waals surface area contributed by atoms with E-state index in [1.807, 2.05) is 68.5 Å². The second kappa shape index (κ2) is 51.4.